The zero-order valence-corrected chi connectivity index (χ0v) is 12.6. The van der Waals surface area contributed by atoms with Crippen LogP contribution in [0.25, 0.3) is 0 Å². The first-order chi connectivity index (χ1) is 10.2. The number of esters is 1. The second-order valence-electron chi connectivity index (χ2n) is 6.67. The van der Waals surface area contributed by atoms with Gasteiger partial charge in [-0.15, -0.1) is 0 Å². The smallest absolute Gasteiger partial charge is 0.311 e. The van der Waals surface area contributed by atoms with Crippen LogP contribution in [0.4, 0.5) is 0 Å². The van der Waals surface area contributed by atoms with Gasteiger partial charge in [0.15, 0.2) is 0 Å². The molecule has 1 aliphatic heterocycles. The lowest BCUT2D eigenvalue weighted by Gasteiger charge is -2.24. The third kappa shape index (κ3) is 3.47. The average Bonchev–Trinajstić information content (AvgIpc) is 3.15. The third-order valence-electron chi connectivity index (χ3n) is 5.10. The van der Waals surface area contributed by atoms with Crippen molar-refractivity contribution < 1.29 is 14.3 Å². The fraction of sp³-hybridized carbons (Fsp3) is 0.765. The number of ether oxygens (including phenoxy) is 1. The van der Waals surface area contributed by atoms with Gasteiger partial charge >= 0.3 is 5.97 Å². The maximum Gasteiger partial charge on any atom is 0.311 e. The Labute approximate surface area is 126 Å². The van der Waals surface area contributed by atoms with Crippen molar-refractivity contribution in [2.45, 2.75) is 57.4 Å². The fourth-order valence-corrected chi connectivity index (χ4v) is 3.78. The van der Waals surface area contributed by atoms with Gasteiger partial charge in [0.05, 0.1) is 12.5 Å². The van der Waals surface area contributed by atoms with E-state index in [1.165, 1.54) is 12.8 Å². The van der Waals surface area contributed by atoms with E-state index < -0.39 is 0 Å². The summed E-state index contributed by atoms with van der Waals surface area (Å²) < 4.78 is 5.47. The number of allylic oxidation sites excluding steroid dienone is 2. The Morgan fingerprint density at radius 1 is 1.24 bits per heavy atom. The van der Waals surface area contributed by atoms with E-state index in [4.69, 9.17) is 4.74 Å². The highest BCUT2D eigenvalue weighted by atomic mass is 16.5. The SMILES string of the molecule is O=C(OC[C@H]1CC=CCC1)[C@@H]1CC(=O)N(C2CCCC2)C1. The molecule has 4 heteroatoms. The predicted molar refractivity (Wildman–Crippen MR) is 79.5 cm³/mol. The van der Waals surface area contributed by atoms with Gasteiger partial charge in [-0.25, -0.2) is 0 Å². The zero-order valence-electron chi connectivity index (χ0n) is 12.6. The van der Waals surface area contributed by atoms with Crippen molar-refractivity contribution in [2.75, 3.05) is 13.2 Å². The van der Waals surface area contributed by atoms with Crippen LogP contribution in [0.5, 0.6) is 0 Å². The Kier molecular flexibility index (Phi) is 4.61. The second kappa shape index (κ2) is 6.63. The third-order valence-corrected chi connectivity index (χ3v) is 5.10. The molecule has 0 N–H and O–H groups in total. The Morgan fingerprint density at radius 3 is 2.76 bits per heavy atom. The molecule has 1 saturated carbocycles. The first-order valence-corrected chi connectivity index (χ1v) is 8.35. The predicted octanol–water partition coefficient (Wildman–Crippen LogP) is 2.68. The molecule has 21 heavy (non-hydrogen) atoms. The molecule has 1 amide bonds. The standard InChI is InChI=1S/C17H25NO3/c19-16-10-14(11-18(16)15-8-4-5-9-15)17(20)21-12-13-6-2-1-3-7-13/h1-2,13-15H,3-12H2/t13-,14+/m0/s1. The van der Waals surface area contributed by atoms with Crippen LogP contribution < -0.4 is 0 Å². The summed E-state index contributed by atoms with van der Waals surface area (Å²) in [6, 6.07) is 0.374. The number of carbonyl (C=O) groups is 2. The molecule has 2 atom stereocenters. The molecule has 0 aromatic heterocycles. The van der Waals surface area contributed by atoms with E-state index in [0.29, 0.717) is 31.5 Å². The summed E-state index contributed by atoms with van der Waals surface area (Å²) >= 11 is 0. The number of likely N-dealkylation sites (tertiary alicyclic amines) is 1. The van der Waals surface area contributed by atoms with Crippen LogP contribution in [0.15, 0.2) is 12.2 Å². The summed E-state index contributed by atoms with van der Waals surface area (Å²) in [6.45, 7) is 1.09. The molecular weight excluding hydrogens is 266 g/mol. The highest BCUT2D eigenvalue weighted by Gasteiger charge is 2.39. The van der Waals surface area contributed by atoms with E-state index in [0.717, 1.165) is 32.1 Å². The first-order valence-electron chi connectivity index (χ1n) is 8.35. The van der Waals surface area contributed by atoms with E-state index in [1.807, 2.05) is 4.90 Å². The van der Waals surface area contributed by atoms with Crippen LogP contribution in [0.1, 0.15) is 51.4 Å². The van der Waals surface area contributed by atoms with Crippen LogP contribution in [-0.4, -0.2) is 36.0 Å². The molecule has 1 saturated heterocycles. The van der Waals surface area contributed by atoms with Gasteiger partial charge in [-0.1, -0.05) is 25.0 Å². The normalized spacial score (nSPS) is 30.1. The highest BCUT2D eigenvalue weighted by Crippen LogP contribution is 2.30. The minimum Gasteiger partial charge on any atom is -0.465 e. The van der Waals surface area contributed by atoms with Crippen LogP contribution in [-0.2, 0) is 14.3 Å². The number of carbonyl (C=O) groups excluding carboxylic acids is 2. The summed E-state index contributed by atoms with van der Waals surface area (Å²) in [5, 5.41) is 0. The van der Waals surface area contributed by atoms with Crippen LogP contribution in [0, 0.1) is 11.8 Å². The number of hydrogen-bond acceptors (Lipinski definition) is 3. The molecule has 0 aromatic carbocycles. The molecular formula is C17H25NO3. The molecule has 0 spiro atoms. The van der Waals surface area contributed by atoms with Crippen molar-refractivity contribution in [3.8, 4) is 0 Å². The van der Waals surface area contributed by atoms with E-state index >= 15 is 0 Å². The van der Waals surface area contributed by atoms with Gasteiger partial charge in [-0.3, -0.25) is 9.59 Å². The molecule has 116 valence electrons. The van der Waals surface area contributed by atoms with Crippen molar-refractivity contribution in [3.63, 3.8) is 0 Å². The van der Waals surface area contributed by atoms with E-state index in [9.17, 15) is 9.59 Å². The molecule has 0 radical (unpaired) electrons. The number of rotatable bonds is 4. The van der Waals surface area contributed by atoms with Gasteiger partial charge in [-0.05, 0) is 38.0 Å². The summed E-state index contributed by atoms with van der Waals surface area (Å²) in [6.07, 6.45) is 12.5. The number of nitrogens with zero attached hydrogens (tertiary/aromatic N) is 1. The van der Waals surface area contributed by atoms with Crippen LogP contribution in [0.3, 0.4) is 0 Å². The zero-order chi connectivity index (χ0) is 14.7. The van der Waals surface area contributed by atoms with E-state index in [-0.39, 0.29) is 17.8 Å². The van der Waals surface area contributed by atoms with Gasteiger partial charge in [-0.2, -0.15) is 0 Å². The molecule has 0 bridgehead atoms. The quantitative estimate of drug-likeness (QED) is 0.591. The molecule has 4 nitrogen and oxygen atoms in total. The Balaban J connectivity index is 1.46. The Morgan fingerprint density at radius 2 is 2.05 bits per heavy atom. The van der Waals surface area contributed by atoms with Crippen LogP contribution in [0.2, 0.25) is 0 Å². The van der Waals surface area contributed by atoms with Crippen LogP contribution >= 0.6 is 0 Å². The van der Waals surface area contributed by atoms with Crippen molar-refractivity contribution >= 4 is 11.9 Å². The fourth-order valence-electron chi connectivity index (χ4n) is 3.78. The monoisotopic (exact) mass is 291 g/mol. The number of amides is 1. The molecule has 2 aliphatic carbocycles. The maximum absolute atomic E-state index is 12.2. The van der Waals surface area contributed by atoms with E-state index in [1.54, 1.807) is 0 Å². The lowest BCUT2D eigenvalue weighted by atomic mass is 9.95. The van der Waals surface area contributed by atoms with E-state index in [2.05, 4.69) is 12.2 Å². The summed E-state index contributed by atoms with van der Waals surface area (Å²) in [7, 11) is 0. The van der Waals surface area contributed by atoms with Crippen molar-refractivity contribution in [2.24, 2.45) is 11.8 Å². The number of hydrogen-bond donors (Lipinski definition) is 0. The molecule has 3 rings (SSSR count). The molecule has 0 aromatic rings. The van der Waals surface area contributed by atoms with Crippen molar-refractivity contribution in [1.29, 1.82) is 0 Å². The minimum atomic E-state index is -0.239. The van der Waals surface area contributed by atoms with Gasteiger partial charge in [0.2, 0.25) is 5.91 Å². The summed E-state index contributed by atoms with van der Waals surface area (Å²) in [5.74, 6) is 0.196. The summed E-state index contributed by atoms with van der Waals surface area (Å²) in [4.78, 5) is 26.2. The largest absolute Gasteiger partial charge is 0.465 e. The first kappa shape index (κ1) is 14.6. The lowest BCUT2D eigenvalue weighted by Crippen LogP contribution is -2.35. The lowest BCUT2D eigenvalue weighted by molar-refractivity contribution is -0.149. The second-order valence-corrected chi connectivity index (χ2v) is 6.67. The topological polar surface area (TPSA) is 46.6 Å². The Hall–Kier alpha value is -1.32. The minimum absolute atomic E-state index is 0.143. The van der Waals surface area contributed by atoms with Crippen molar-refractivity contribution in [3.05, 3.63) is 12.2 Å². The van der Waals surface area contributed by atoms with Gasteiger partial charge in [0, 0.05) is 19.0 Å². The average molecular weight is 291 g/mol. The maximum atomic E-state index is 12.2. The molecule has 1 heterocycles. The molecule has 0 unspecified atom stereocenters. The summed E-state index contributed by atoms with van der Waals surface area (Å²) in [5.41, 5.74) is 0. The highest BCUT2D eigenvalue weighted by molar-refractivity contribution is 5.87. The molecule has 3 aliphatic rings. The van der Waals surface area contributed by atoms with Gasteiger partial charge in [0.25, 0.3) is 0 Å². The van der Waals surface area contributed by atoms with Gasteiger partial charge in [0.1, 0.15) is 0 Å². The molecule has 2 fully saturated rings. The van der Waals surface area contributed by atoms with Crippen molar-refractivity contribution in [1.82, 2.24) is 4.90 Å². The Bertz CT molecular complexity index is 426. The van der Waals surface area contributed by atoms with Gasteiger partial charge < -0.3 is 9.64 Å².